The van der Waals surface area contributed by atoms with Crippen LogP contribution in [0.5, 0.6) is 0 Å². The molecule has 1 N–H and O–H groups in total. The predicted octanol–water partition coefficient (Wildman–Crippen LogP) is 5.49. The molecule has 0 fully saturated rings. The number of carbonyl (C=O) groups is 1. The second-order valence-electron chi connectivity index (χ2n) is 6.18. The first-order valence-corrected chi connectivity index (χ1v) is 8.19. The van der Waals surface area contributed by atoms with E-state index < -0.39 is 0 Å². The molecule has 1 heterocycles. The SMILES string of the molecule is CC(=O)/C=C(/C)O.Cc1[c-]c(-c2ccc3ccc(F)cc3n2)cc(C)c1.[Ir]. The first kappa shape index (κ1) is 22.7. The van der Waals surface area contributed by atoms with E-state index in [4.69, 9.17) is 5.11 Å². The fourth-order valence-corrected chi connectivity index (χ4v) is 2.57. The van der Waals surface area contributed by atoms with Crippen molar-refractivity contribution in [3.8, 4) is 11.3 Å². The van der Waals surface area contributed by atoms with Crippen LogP contribution in [-0.4, -0.2) is 15.9 Å². The Kier molecular flexibility index (Phi) is 8.48. The third kappa shape index (κ3) is 7.04. The summed E-state index contributed by atoms with van der Waals surface area (Å²) in [5.74, 6) is -0.325. The van der Waals surface area contributed by atoms with Gasteiger partial charge in [0.05, 0.1) is 11.3 Å². The number of pyridine rings is 1. The topological polar surface area (TPSA) is 50.2 Å². The van der Waals surface area contributed by atoms with Crippen LogP contribution < -0.4 is 0 Å². The Morgan fingerprint density at radius 1 is 1.11 bits per heavy atom. The van der Waals surface area contributed by atoms with Crippen LogP contribution in [-0.2, 0) is 24.9 Å². The number of nitrogens with zero attached hydrogens (tertiary/aromatic N) is 1. The zero-order chi connectivity index (χ0) is 19.3. The molecule has 27 heavy (non-hydrogen) atoms. The van der Waals surface area contributed by atoms with Crippen molar-refractivity contribution >= 4 is 16.7 Å². The standard InChI is InChI=1S/C17H13FN.C5H8O2.Ir/c1-11-7-12(2)9-14(8-11)16-6-4-13-3-5-15(18)10-17(13)19-16;1-4(6)3-5(2)7;/h3-8,10H,1-2H3;3,6H,1-2H3;/q-1;;/b;4-3-;. The molecule has 0 spiro atoms. The molecule has 3 aromatic rings. The molecule has 3 rings (SSSR count). The third-order valence-corrected chi connectivity index (χ3v) is 3.49. The van der Waals surface area contributed by atoms with Crippen LogP contribution in [0.2, 0.25) is 0 Å². The minimum Gasteiger partial charge on any atom is -0.512 e. The minimum atomic E-state index is -0.262. The molecule has 0 aliphatic carbocycles. The molecule has 0 bridgehead atoms. The molecule has 2 aromatic carbocycles. The number of carbonyl (C=O) groups excluding carboxylic acids is 1. The molecule has 1 aromatic heterocycles. The van der Waals surface area contributed by atoms with E-state index in [-0.39, 0.29) is 37.5 Å². The Bertz CT molecular complexity index is 959. The molecule has 1 radical (unpaired) electrons. The van der Waals surface area contributed by atoms with Crippen LogP contribution in [0.25, 0.3) is 22.2 Å². The van der Waals surface area contributed by atoms with Crippen molar-refractivity contribution in [3.05, 3.63) is 77.3 Å². The van der Waals surface area contributed by atoms with Gasteiger partial charge in [0.2, 0.25) is 0 Å². The number of aromatic nitrogens is 1. The number of rotatable bonds is 2. The molecule has 143 valence electrons. The van der Waals surface area contributed by atoms with Gasteiger partial charge in [0.25, 0.3) is 0 Å². The number of allylic oxidation sites excluding steroid dienone is 2. The number of hydrogen-bond donors (Lipinski definition) is 1. The Hall–Kier alpha value is -2.36. The van der Waals surface area contributed by atoms with Crippen molar-refractivity contribution in [1.82, 2.24) is 4.98 Å². The number of halogens is 1. The number of ketones is 1. The zero-order valence-corrected chi connectivity index (χ0v) is 18.0. The van der Waals surface area contributed by atoms with Crippen molar-refractivity contribution in [3.63, 3.8) is 0 Å². The minimum absolute atomic E-state index is 0. The predicted molar refractivity (Wildman–Crippen MR) is 103 cm³/mol. The average molecular weight is 543 g/mol. The van der Waals surface area contributed by atoms with Gasteiger partial charge >= 0.3 is 0 Å². The fraction of sp³-hybridized carbons (Fsp3) is 0.182. The number of hydrogen-bond acceptors (Lipinski definition) is 3. The molecule has 0 saturated carbocycles. The zero-order valence-electron chi connectivity index (χ0n) is 15.6. The van der Waals surface area contributed by atoms with Crippen LogP contribution in [0.15, 0.2) is 54.3 Å². The van der Waals surface area contributed by atoms with Crippen LogP contribution in [0.4, 0.5) is 4.39 Å². The van der Waals surface area contributed by atoms with Gasteiger partial charge < -0.3 is 5.11 Å². The monoisotopic (exact) mass is 543 g/mol. The average Bonchev–Trinajstić information content (AvgIpc) is 2.52. The molecule has 0 aliphatic rings. The number of aryl methyl sites for hydroxylation is 2. The van der Waals surface area contributed by atoms with Crippen molar-refractivity contribution < 1.29 is 34.4 Å². The van der Waals surface area contributed by atoms with Gasteiger partial charge in [0.1, 0.15) is 5.82 Å². The first-order chi connectivity index (χ1) is 12.2. The third-order valence-electron chi connectivity index (χ3n) is 3.49. The van der Waals surface area contributed by atoms with Gasteiger partial charge in [-0.1, -0.05) is 26.0 Å². The summed E-state index contributed by atoms with van der Waals surface area (Å²) in [5, 5.41) is 9.30. The van der Waals surface area contributed by atoms with Gasteiger partial charge in [-0.25, -0.2) is 4.39 Å². The smallest absolute Gasteiger partial charge is 0.155 e. The number of fused-ring (bicyclic) bond motifs is 1. The number of benzene rings is 2. The Morgan fingerprint density at radius 3 is 2.33 bits per heavy atom. The maximum absolute atomic E-state index is 13.3. The molecule has 0 saturated heterocycles. The van der Waals surface area contributed by atoms with Gasteiger partial charge in [0, 0.05) is 26.2 Å². The van der Waals surface area contributed by atoms with Crippen molar-refractivity contribution in [2.45, 2.75) is 27.7 Å². The number of aliphatic hydroxyl groups is 1. The van der Waals surface area contributed by atoms with Crippen LogP contribution in [0.1, 0.15) is 25.0 Å². The molecule has 0 amide bonds. The molecule has 0 atom stereocenters. The Morgan fingerprint density at radius 2 is 1.78 bits per heavy atom. The summed E-state index contributed by atoms with van der Waals surface area (Å²) in [5.41, 5.74) is 4.70. The molecule has 5 heteroatoms. The summed E-state index contributed by atoms with van der Waals surface area (Å²) in [6, 6.07) is 16.0. The first-order valence-electron chi connectivity index (χ1n) is 8.19. The fourth-order valence-electron chi connectivity index (χ4n) is 2.57. The number of aliphatic hydroxyl groups excluding tert-OH is 1. The van der Waals surface area contributed by atoms with Crippen molar-refractivity contribution in [1.29, 1.82) is 0 Å². The molecular formula is C22H21FIrNO2-. The van der Waals surface area contributed by atoms with Crippen molar-refractivity contribution in [2.75, 3.05) is 0 Å². The summed E-state index contributed by atoms with van der Waals surface area (Å²) in [6.07, 6.45) is 1.17. The Labute approximate surface area is 172 Å². The van der Waals surface area contributed by atoms with Gasteiger partial charge in [-0.05, 0) is 43.1 Å². The van der Waals surface area contributed by atoms with E-state index in [1.807, 2.05) is 32.0 Å². The van der Waals surface area contributed by atoms with E-state index >= 15 is 0 Å². The van der Waals surface area contributed by atoms with Crippen LogP contribution in [0.3, 0.4) is 0 Å². The molecule has 3 nitrogen and oxygen atoms in total. The summed E-state index contributed by atoms with van der Waals surface area (Å²) in [4.78, 5) is 14.5. The summed E-state index contributed by atoms with van der Waals surface area (Å²) < 4.78 is 13.3. The van der Waals surface area contributed by atoms with Gasteiger partial charge in [-0.3, -0.25) is 9.78 Å². The van der Waals surface area contributed by atoms with Gasteiger partial charge in [-0.2, -0.15) is 0 Å². The van der Waals surface area contributed by atoms with E-state index in [0.717, 1.165) is 22.2 Å². The van der Waals surface area contributed by atoms with E-state index in [1.165, 1.54) is 37.6 Å². The second-order valence-corrected chi connectivity index (χ2v) is 6.18. The van der Waals surface area contributed by atoms with E-state index in [2.05, 4.69) is 17.1 Å². The second kappa shape index (κ2) is 10.1. The largest absolute Gasteiger partial charge is 0.512 e. The van der Waals surface area contributed by atoms with Crippen LogP contribution in [0, 0.1) is 25.7 Å². The van der Waals surface area contributed by atoms with E-state index in [1.54, 1.807) is 6.07 Å². The summed E-state index contributed by atoms with van der Waals surface area (Å²) >= 11 is 0. The van der Waals surface area contributed by atoms with Crippen molar-refractivity contribution in [2.24, 2.45) is 0 Å². The normalized spacial score (nSPS) is 10.6. The summed E-state index contributed by atoms with van der Waals surface area (Å²) in [6.45, 7) is 6.91. The maximum Gasteiger partial charge on any atom is 0.155 e. The maximum atomic E-state index is 13.3. The van der Waals surface area contributed by atoms with Gasteiger partial charge in [-0.15, -0.1) is 34.9 Å². The summed E-state index contributed by atoms with van der Waals surface area (Å²) in [7, 11) is 0. The van der Waals surface area contributed by atoms with E-state index in [0.29, 0.717) is 5.52 Å². The molecule has 0 unspecified atom stereocenters. The van der Waals surface area contributed by atoms with Crippen LogP contribution >= 0.6 is 0 Å². The van der Waals surface area contributed by atoms with E-state index in [9.17, 15) is 9.18 Å². The molecule has 0 aliphatic heterocycles. The quantitative estimate of drug-likeness (QED) is 0.265. The Balaban J connectivity index is 0.000000395. The van der Waals surface area contributed by atoms with Gasteiger partial charge in [0.15, 0.2) is 5.78 Å². The molecular weight excluding hydrogens is 521 g/mol.